The van der Waals surface area contributed by atoms with E-state index < -0.39 is 5.97 Å². The first-order valence-corrected chi connectivity index (χ1v) is 7.40. The Bertz CT molecular complexity index is 483. The monoisotopic (exact) mass is 308 g/mol. The van der Waals surface area contributed by atoms with E-state index in [1.807, 2.05) is 26.0 Å². The molecule has 22 heavy (non-hydrogen) atoms. The zero-order valence-corrected chi connectivity index (χ0v) is 13.4. The molecule has 0 aliphatic rings. The smallest absolute Gasteiger partial charge is 0.305 e. The van der Waals surface area contributed by atoms with Gasteiger partial charge in [-0.05, 0) is 38.1 Å². The highest BCUT2D eigenvalue weighted by molar-refractivity contribution is 5.81. The van der Waals surface area contributed by atoms with Gasteiger partial charge in [0.1, 0.15) is 5.75 Å². The lowest BCUT2D eigenvalue weighted by atomic mass is 10.2. The van der Waals surface area contributed by atoms with Crippen molar-refractivity contribution >= 4 is 17.6 Å². The van der Waals surface area contributed by atoms with Crippen LogP contribution in [0.15, 0.2) is 24.3 Å². The number of ether oxygens (including phenoxy) is 1. The van der Waals surface area contributed by atoms with E-state index in [0.717, 1.165) is 11.4 Å². The average Bonchev–Trinajstić information content (AvgIpc) is 2.52. The summed E-state index contributed by atoms with van der Waals surface area (Å²) in [4.78, 5) is 26.6. The Labute approximate surface area is 131 Å². The number of aliphatic carboxylic acids is 1. The predicted octanol–water partition coefficient (Wildman–Crippen LogP) is 1.84. The zero-order valence-electron chi connectivity index (χ0n) is 13.4. The van der Waals surface area contributed by atoms with Gasteiger partial charge in [-0.25, -0.2) is 0 Å². The van der Waals surface area contributed by atoms with Gasteiger partial charge in [-0.1, -0.05) is 0 Å². The normalized spacial score (nSPS) is 10.1. The molecule has 0 unspecified atom stereocenters. The summed E-state index contributed by atoms with van der Waals surface area (Å²) in [6.07, 6.45) is -0.0163. The Hall–Kier alpha value is -2.24. The third-order valence-corrected chi connectivity index (χ3v) is 3.48. The summed E-state index contributed by atoms with van der Waals surface area (Å²) in [6, 6.07) is 7.25. The van der Waals surface area contributed by atoms with E-state index in [9.17, 15) is 9.59 Å². The van der Waals surface area contributed by atoms with Crippen LogP contribution in [0, 0.1) is 0 Å². The molecule has 6 nitrogen and oxygen atoms in total. The number of hydrogen-bond donors (Lipinski definition) is 1. The lowest BCUT2D eigenvalue weighted by Gasteiger charge is -2.27. The quantitative estimate of drug-likeness (QED) is 0.754. The number of carboxylic acid groups (broad SMARTS) is 1. The lowest BCUT2D eigenvalue weighted by Crippen LogP contribution is -2.41. The molecule has 1 aromatic carbocycles. The summed E-state index contributed by atoms with van der Waals surface area (Å²) < 4.78 is 5.11. The van der Waals surface area contributed by atoms with Crippen molar-refractivity contribution in [3.05, 3.63) is 24.3 Å². The molecule has 0 atom stereocenters. The van der Waals surface area contributed by atoms with Crippen molar-refractivity contribution in [1.82, 2.24) is 4.90 Å². The Morgan fingerprint density at radius 1 is 1.14 bits per heavy atom. The molecule has 122 valence electrons. The molecule has 0 bridgehead atoms. The van der Waals surface area contributed by atoms with Gasteiger partial charge in [0.2, 0.25) is 5.91 Å². The van der Waals surface area contributed by atoms with Crippen LogP contribution in [0.5, 0.6) is 5.75 Å². The van der Waals surface area contributed by atoms with Crippen LogP contribution < -0.4 is 9.64 Å². The summed E-state index contributed by atoms with van der Waals surface area (Å²) in [7, 11) is 1.58. The number of benzene rings is 1. The maximum Gasteiger partial charge on any atom is 0.305 e. The van der Waals surface area contributed by atoms with Gasteiger partial charge in [0.05, 0.1) is 20.1 Å². The fourth-order valence-corrected chi connectivity index (χ4v) is 2.16. The van der Waals surface area contributed by atoms with Gasteiger partial charge >= 0.3 is 5.97 Å². The summed E-state index contributed by atoms with van der Waals surface area (Å²) >= 11 is 0. The summed E-state index contributed by atoms with van der Waals surface area (Å²) in [5.41, 5.74) is 0.808. The van der Waals surface area contributed by atoms with Gasteiger partial charge in [-0.3, -0.25) is 9.59 Å². The van der Waals surface area contributed by atoms with Crippen LogP contribution in [-0.4, -0.2) is 55.2 Å². The van der Waals surface area contributed by atoms with E-state index in [2.05, 4.69) is 0 Å². The number of nitrogens with zero attached hydrogens (tertiary/aromatic N) is 2. The van der Waals surface area contributed by atoms with Gasteiger partial charge in [-0.2, -0.15) is 0 Å². The third-order valence-electron chi connectivity index (χ3n) is 3.48. The van der Waals surface area contributed by atoms with E-state index in [-0.39, 0.29) is 25.4 Å². The highest BCUT2D eigenvalue weighted by Gasteiger charge is 2.16. The molecule has 0 aromatic heterocycles. The molecular weight excluding hydrogens is 284 g/mol. The van der Waals surface area contributed by atoms with Crippen molar-refractivity contribution in [2.45, 2.75) is 20.3 Å². The molecule has 1 amide bonds. The van der Waals surface area contributed by atoms with Crippen molar-refractivity contribution < 1.29 is 19.4 Å². The largest absolute Gasteiger partial charge is 0.497 e. The Morgan fingerprint density at radius 2 is 1.73 bits per heavy atom. The van der Waals surface area contributed by atoms with E-state index in [4.69, 9.17) is 9.84 Å². The maximum atomic E-state index is 12.3. The molecule has 0 spiro atoms. The summed E-state index contributed by atoms with van der Waals surface area (Å²) in [5.74, 6) is -0.169. The van der Waals surface area contributed by atoms with Crippen LogP contribution in [0.2, 0.25) is 0 Å². The number of methoxy groups -OCH3 is 1. The number of amides is 1. The molecular formula is C16H24N2O4. The van der Waals surface area contributed by atoms with Gasteiger partial charge in [0.25, 0.3) is 0 Å². The molecule has 6 heteroatoms. The second-order valence-electron chi connectivity index (χ2n) is 4.83. The van der Waals surface area contributed by atoms with Gasteiger partial charge < -0.3 is 19.6 Å². The zero-order chi connectivity index (χ0) is 16.5. The highest BCUT2D eigenvalue weighted by atomic mass is 16.5. The minimum absolute atomic E-state index is 0.00814. The Balaban J connectivity index is 2.86. The van der Waals surface area contributed by atoms with Crippen molar-refractivity contribution in [3.8, 4) is 5.75 Å². The number of anilines is 1. The van der Waals surface area contributed by atoms with Crippen LogP contribution >= 0.6 is 0 Å². The molecule has 0 aliphatic carbocycles. The van der Waals surface area contributed by atoms with E-state index >= 15 is 0 Å². The topological polar surface area (TPSA) is 70.1 Å². The SMILES string of the molecule is CCN(CC)C(=O)CN(CCC(=O)O)c1ccc(OC)cc1. The van der Waals surface area contributed by atoms with Crippen LogP contribution in [0.4, 0.5) is 5.69 Å². The van der Waals surface area contributed by atoms with Crippen LogP contribution in [0.25, 0.3) is 0 Å². The second kappa shape index (κ2) is 8.92. The summed E-state index contributed by atoms with van der Waals surface area (Å²) in [5, 5.41) is 8.89. The molecule has 1 aromatic rings. The van der Waals surface area contributed by atoms with Gasteiger partial charge in [-0.15, -0.1) is 0 Å². The second-order valence-corrected chi connectivity index (χ2v) is 4.83. The predicted molar refractivity (Wildman–Crippen MR) is 85.4 cm³/mol. The molecule has 0 saturated carbocycles. The standard InChI is InChI=1S/C16H24N2O4/c1-4-17(5-2)15(19)12-18(11-10-16(20)21)13-6-8-14(22-3)9-7-13/h6-9H,4-5,10-12H2,1-3H3,(H,20,21). The fourth-order valence-electron chi connectivity index (χ4n) is 2.16. The van der Waals surface area contributed by atoms with Gasteiger partial charge in [0, 0.05) is 25.3 Å². The molecule has 0 radical (unpaired) electrons. The van der Waals surface area contributed by atoms with Crippen molar-refractivity contribution in [2.75, 3.05) is 38.2 Å². The molecule has 0 aliphatic heterocycles. The number of hydrogen-bond acceptors (Lipinski definition) is 4. The minimum Gasteiger partial charge on any atom is -0.497 e. The number of rotatable bonds is 9. The van der Waals surface area contributed by atoms with Crippen molar-refractivity contribution in [3.63, 3.8) is 0 Å². The number of likely N-dealkylation sites (N-methyl/N-ethyl adjacent to an activating group) is 1. The maximum absolute atomic E-state index is 12.3. The molecule has 1 N–H and O–H groups in total. The highest BCUT2D eigenvalue weighted by Crippen LogP contribution is 2.19. The number of carboxylic acids is 1. The van der Waals surface area contributed by atoms with E-state index in [1.54, 1.807) is 29.0 Å². The van der Waals surface area contributed by atoms with Crippen LogP contribution in [-0.2, 0) is 9.59 Å². The lowest BCUT2D eigenvalue weighted by molar-refractivity contribution is -0.137. The molecule has 0 saturated heterocycles. The third kappa shape index (κ3) is 5.27. The van der Waals surface area contributed by atoms with E-state index in [0.29, 0.717) is 13.1 Å². The Morgan fingerprint density at radius 3 is 2.18 bits per heavy atom. The number of carbonyl (C=O) groups is 2. The van der Waals surface area contributed by atoms with Crippen molar-refractivity contribution in [2.24, 2.45) is 0 Å². The fraction of sp³-hybridized carbons (Fsp3) is 0.500. The van der Waals surface area contributed by atoms with Crippen LogP contribution in [0.1, 0.15) is 20.3 Å². The molecule has 1 rings (SSSR count). The Kier molecular flexibility index (Phi) is 7.22. The van der Waals surface area contributed by atoms with Crippen LogP contribution in [0.3, 0.4) is 0 Å². The number of carbonyl (C=O) groups excluding carboxylic acids is 1. The molecule has 0 fully saturated rings. The first-order valence-electron chi connectivity index (χ1n) is 7.40. The first kappa shape index (κ1) is 17.8. The van der Waals surface area contributed by atoms with Crippen molar-refractivity contribution in [1.29, 1.82) is 0 Å². The molecule has 0 heterocycles. The van der Waals surface area contributed by atoms with Gasteiger partial charge in [0.15, 0.2) is 0 Å². The minimum atomic E-state index is -0.881. The van der Waals surface area contributed by atoms with E-state index in [1.165, 1.54) is 0 Å². The summed E-state index contributed by atoms with van der Waals surface area (Å²) in [6.45, 7) is 5.60. The first-order chi connectivity index (χ1) is 10.5. The average molecular weight is 308 g/mol.